The molecule has 1 rings (SSSR count). The quantitative estimate of drug-likeness (QED) is 0.531. The predicted molar refractivity (Wildman–Crippen MR) is 58.4 cm³/mol. The molecular weight excluding hydrogens is 190 g/mol. The molecule has 0 saturated carbocycles. The Morgan fingerprint density at radius 2 is 2.13 bits per heavy atom. The maximum Gasteiger partial charge on any atom is 0.305 e. The highest BCUT2D eigenvalue weighted by Crippen LogP contribution is 2.01. The van der Waals surface area contributed by atoms with Crippen LogP contribution in [0.2, 0.25) is 0 Å². The Balaban J connectivity index is 2.10. The van der Waals surface area contributed by atoms with Gasteiger partial charge in [0.25, 0.3) is 0 Å². The molecule has 1 heterocycles. The fourth-order valence-electron chi connectivity index (χ4n) is 1.29. The molecule has 0 spiro atoms. The lowest BCUT2D eigenvalue weighted by Crippen LogP contribution is -2.05. The van der Waals surface area contributed by atoms with Crippen LogP contribution in [0, 0.1) is 0 Å². The zero-order valence-corrected chi connectivity index (χ0v) is 9.11. The Hall–Kier alpha value is -1.38. The van der Waals surface area contributed by atoms with Crippen molar-refractivity contribution in [2.24, 2.45) is 0 Å². The normalized spacial score (nSPS) is 9.93. The van der Waals surface area contributed by atoms with Gasteiger partial charge >= 0.3 is 5.97 Å². The van der Waals surface area contributed by atoms with E-state index >= 15 is 0 Å². The average Bonchev–Trinajstić information content (AvgIpc) is 2.26. The highest BCUT2D eigenvalue weighted by atomic mass is 16.5. The summed E-state index contributed by atoms with van der Waals surface area (Å²) in [5.41, 5.74) is 1.23. The number of hydrogen-bond donors (Lipinski definition) is 0. The molecule has 1 aromatic heterocycles. The van der Waals surface area contributed by atoms with Crippen molar-refractivity contribution < 1.29 is 9.53 Å². The van der Waals surface area contributed by atoms with Gasteiger partial charge in [-0.3, -0.25) is 9.78 Å². The number of pyridine rings is 1. The van der Waals surface area contributed by atoms with E-state index in [1.807, 2.05) is 19.1 Å². The van der Waals surface area contributed by atoms with Gasteiger partial charge in [-0.2, -0.15) is 0 Å². The molecule has 0 N–H and O–H groups in total. The second-order valence-corrected chi connectivity index (χ2v) is 3.43. The van der Waals surface area contributed by atoms with Crippen molar-refractivity contribution >= 4 is 5.97 Å². The van der Waals surface area contributed by atoms with Crippen molar-refractivity contribution in [3.8, 4) is 0 Å². The summed E-state index contributed by atoms with van der Waals surface area (Å²) in [4.78, 5) is 15.0. The molecule has 0 bridgehead atoms. The van der Waals surface area contributed by atoms with E-state index in [-0.39, 0.29) is 5.97 Å². The average molecular weight is 207 g/mol. The van der Waals surface area contributed by atoms with Gasteiger partial charge in [0.2, 0.25) is 0 Å². The molecule has 82 valence electrons. The third kappa shape index (κ3) is 5.15. The first kappa shape index (κ1) is 11.7. The molecule has 0 saturated heterocycles. The molecule has 0 aliphatic heterocycles. The summed E-state index contributed by atoms with van der Waals surface area (Å²) in [5.74, 6) is -0.0905. The van der Waals surface area contributed by atoms with Gasteiger partial charge in [-0.1, -0.05) is 6.92 Å². The van der Waals surface area contributed by atoms with Crippen molar-refractivity contribution in [3.63, 3.8) is 0 Å². The zero-order valence-electron chi connectivity index (χ0n) is 9.11. The van der Waals surface area contributed by atoms with Gasteiger partial charge in [0.15, 0.2) is 0 Å². The first-order chi connectivity index (χ1) is 7.33. The number of carbonyl (C=O) groups is 1. The summed E-state index contributed by atoms with van der Waals surface area (Å²) < 4.78 is 5.05. The van der Waals surface area contributed by atoms with Gasteiger partial charge in [-0.05, 0) is 37.0 Å². The molecular formula is C12H17NO2. The molecule has 0 radical (unpaired) electrons. The number of ether oxygens (including phenoxy) is 1. The van der Waals surface area contributed by atoms with Crippen LogP contribution in [0.25, 0.3) is 0 Å². The lowest BCUT2D eigenvalue weighted by Gasteiger charge is -2.03. The SMILES string of the molecule is CCCC(=O)OCCCc1ccncc1. The van der Waals surface area contributed by atoms with E-state index in [0.717, 1.165) is 19.3 Å². The molecule has 0 unspecified atom stereocenters. The van der Waals surface area contributed by atoms with E-state index in [1.54, 1.807) is 12.4 Å². The molecule has 3 nitrogen and oxygen atoms in total. The topological polar surface area (TPSA) is 39.2 Å². The van der Waals surface area contributed by atoms with Crippen LogP contribution in [0.1, 0.15) is 31.7 Å². The van der Waals surface area contributed by atoms with Crippen molar-refractivity contribution in [1.82, 2.24) is 4.98 Å². The van der Waals surface area contributed by atoms with Crippen LogP contribution >= 0.6 is 0 Å². The number of nitrogens with zero attached hydrogens (tertiary/aromatic N) is 1. The fourth-order valence-corrected chi connectivity index (χ4v) is 1.29. The number of esters is 1. The summed E-state index contributed by atoms with van der Waals surface area (Å²) in [6, 6.07) is 3.96. The van der Waals surface area contributed by atoms with E-state index in [2.05, 4.69) is 4.98 Å². The molecule has 0 fully saturated rings. The molecule has 15 heavy (non-hydrogen) atoms. The first-order valence-electron chi connectivity index (χ1n) is 5.37. The minimum atomic E-state index is -0.0905. The minimum absolute atomic E-state index is 0.0905. The van der Waals surface area contributed by atoms with Gasteiger partial charge in [0, 0.05) is 18.8 Å². The molecule has 0 amide bonds. The van der Waals surface area contributed by atoms with Gasteiger partial charge < -0.3 is 4.74 Å². The van der Waals surface area contributed by atoms with Gasteiger partial charge in [0.1, 0.15) is 0 Å². The number of aromatic nitrogens is 1. The standard InChI is InChI=1S/C12H17NO2/c1-2-4-12(14)15-10-3-5-11-6-8-13-9-7-11/h6-9H,2-5,10H2,1H3. The van der Waals surface area contributed by atoms with Gasteiger partial charge in [-0.15, -0.1) is 0 Å². The third-order valence-corrected chi connectivity index (χ3v) is 2.08. The van der Waals surface area contributed by atoms with Gasteiger partial charge in [-0.25, -0.2) is 0 Å². The fraction of sp³-hybridized carbons (Fsp3) is 0.500. The predicted octanol–water partition coefficient (Wildman–Crippen LogP) is 2.36. The molecule has 0 atom stereocenters. The van der Waals surface area contributed by atoms with E-state index < -0.39 is 0 Å². The van der Waals surface area contributed by atoms with Crippen molar-refractivity contribution in [1.29, 1.82) is 0 Å². The smallest absolute Gasteiger partial charge is 0.305 e. The largest absolute Gasteiger partial charge is 0.466 e. The maximum absolute atomic E-state index is 11.0. The lowest BCUT2D eigenvalue weighted by atomic mass is 10.1. The summed E-state index contributed by atoms with van der Waals surface area (Å²) >= 11 is 0. The van der Waals surface area contributed by atoms with Gasteiger partial charge in [0.05, 0.1) is 6.61 Å². The highest BCUT2D eigenvalue weighted by Gasteiger charge is 1.99. The second-order valence-electron chi connectivity index (χ2n) is 3.43. The lowest BCUT2D eigenvalue weighted by molar-refractivity contribution is -0.143. The minimum Gasteiger partial charge on any atom is -0.466 e. The second kappa shape index (κ2) is 6.98. The number of carbonyl (C=O) groups excluding carboxylic acids is 1. The van der Waals surface area contributed by atoms with Crippen molar-refractivity contribution in [2.45, 2.75) is 32.6 Å². The first-order valence-corrected chi connectivity index (χ1v) is 5.37. The Labute approximate surface area is 90.5 Å². The Morgan fingerprint density at radius 3 is 2.80 bits per heavy atom. The number of aryl methyl sites for hydroxylation is 1. The Morgan fingerprint density at radius 1 is 1.40 bits per heavy atom. The van der Waals surface area contributed by atoms with Crippen LogP contribution in [0.15, 0.2) is 24.5 Å². The van der Waals surface area contributed by atoms with Crippen LogP contribution in [-0.4, -0.2) is 17.6 Å². The van der Waals surface area contributed by atoms with E-state index in [0.29, 0.717) is 13.0 Å². The van der Waals surface area contributed by atoms with Crippen LogP contribution in [0.4, 0.5) is 0 Å². The summed E-state index contributed by atoms with van der Waals surface area (Å²) in [7, 11) is 0. The third-order valence-electron chi connectivity index (χ3n) is 2.08. The van der Waals surface area contributed by atoms with E-state index in [1.165, 1.54) is 5.56 Å². The Bertz CT molecular complexity index is 285. The summed E-state index contributed by atoms with van der Waals surface area (Å²) in [6.07, 6.45) is 6.73. The number of hydrogen-bond acceptors (Lipinski definition) is 3. The van der Waals surface area contributed by atoms with Crippen LogP contribution in [0.5, 0.6) is 0 Å². The zero-order chi connectivity index (χ0) is 10.9. The summed E-state index contributed by atoms with van der Waals surface area (Å²) in [5, 5.41) is 0. The Kier molecular flexibility index (Phi) is 5.44. The van der Waals surface area contributed by atoms with E-state index in [4.69, 9.17) is 4.74 Å². The molecule has 0 aromatic carbocycles. The van der Waals surface area contributed by atoms with E-state index in [9.17, 15) is 4.79 Å². The maximum atomic E-state index is 11.0. The molecule has 0 aliphatic carbocycles. The summed E-state index contributed by atoms with van der Waals surface area (Å²) in [6.45, 7) is 2.49. The van der Waals surface area contributed by atoms with Crippen LogP contribution < -0.4 is 0 Å². The van der Waals surface area contributed by atoms with Crippen molar-refractivity contribution in [3.05, 3.63) is 30.1 Å². The van der Waals surface area contributed by atoms with Crippen LogP contribution in [-0.2, 0) is 16.0 Å². The van der Waals surface area contributed by atoms with Crippen LogP contribution in [0.3, 0.4) is 0 Å². The highest BCUT2D eigenvalue weighted by molar-refractivity contribution is 5.69. The molecule has 0 aliphatic rings. The molecule has 1 aromatic rings. The molecule has 3 heteroatoms. The monoisotopic (exact) mass is 207 g/mol. The number of rotatable bonds is 6. The van der Waals surface area contributed by atoms with Crippen molar-refractivity contribution in [2.75, 3.05) is 6.61 Å².